The Hall–Kier alpha value is -1.75. The van der Waals surface area contributed by atoms with Crippen LogP contribution in [-0.2, 0) is 9.78 Å². The average molecular weight is 253 g/mol. The Labute approximate surface area is 107 Å². The summed E-state index contributed by atoms with van der Waals surface area (Å²) in [7, 11) is 3.02. The van der Waals surface area contributed by atoms with Crippen LogP contribution in [-0.4, -0.2) is 20.2 Å². The zero-order valence-corrected chi connectivity index (χ0v) is 11.0. The van der Waals surface area contributed by atoms with E-state index in [9.17, 15) is 4.79 Å². The highest BCUT2D eigenvalue weighted by molar-refractivity contribution is 5.89. The minimum absolute atomic E-state index is 0.330. The fraction of sp³-hybridized carbons (Fsp3) is 0.385. The number of rotatable bonds is 6. The van der Waals surface area contributed by atoms with Gasteiger partial charge in [0.2, 0.25) is 0 Å². The lowest BCUT2D eigenvalue weighted by Crippen LogP contribution is -2.08. The normalized spacial score (nSPS) is 10.3. The van der Waals surface area contributed by atoms with Crippen molar-refractivity contribution in [1.29, 1.82) is 0 Å². The van der Waals surface area contributed by atoms with Crippen molar-refractivity contribution in [1.82, 2.24) is 0 Å². The van der Waals surface area contributed by atoms with E-state index in [-0.39, 0.29) is 0 Å². The first kappa shape index (κ1) is 14.3. The van der Waals surface area contributed by atoms with Crippen LogP contribution in [0.15, 0.2) is 18.2 Å². The molecule has 0 N–H and O–H groups in total. The second kappa shape index (κ2) is 6.86. The van der Waals surface area contributed by atoms with Crippen LogP contribution in [0, 0.1) is 6.10 Å². The van der Waals surface area contributed by atoms with E-state index in [4.69, 9.17) is 14.4 Å². The Balaban J connectivity index is 2.74. The summed E-state index contributed by atoms with van der Waals surface area (Å²) in [5.41, 5.74) is 0.330. The average Bonchev–Trinajstić information content (AvgIpc) is 2.43. The van der Waals surface area contributed by atoms with Crippen LogP contribution in [0.25, 0.3) is 0 Å². The third kappa shape index (κ3) is 3.63. The number of methoxy groups -OCH3 is 2. The lowest BCUT2D eigenvalue weighted by molar-refractivity contribution is -0.232. The van der Waals surface area contributed by atoms with Crippen LogP contribution in [0.3, 0.4) is 0 Å². The van der Waals surface area contributed by atoms with Crippen LogP contribution >= 0.6 is 0 Å². The summed E-state index contributed by atoms with van der Waals surface area (Å²) in [5, 5.41) is 0. The van der Waals surface area contributed by atoms with Gasteiger partial charge in [-0.1, -0.05) is 6.92 Å². The van der Waals surface area contributed by atoms with Crippen molar-refractivity contribution in [3.8, 4) is 11.5 Å². The van der Waals surface area contributed by atoms with Crippen molar-refractivity contribution in [3.05, 3.63) is 29.9 Å². The smallest absolute Gasteiger partial charge is 0.373 e. The molecule has 0 fully saturated rings. The Kier molecular flexibility index (Phi) is 5.45. The molecule has 5 heteroatoms. The molecule has 0 bridgehead atoms. The summed E-state index contributed by atoms with van der Waals surface area (Å²) >= 11 is 0. The molecule has 0 heterocycles. The maximum Gasteiger partial charge on any atom is 0.373 e. The van der Waals surface area contributed by atoms with Gasteiger partial charge in [0.1, 0.15) is 6.10 Å². The Morgan fingerprint density at radius 1 is 1.11 bits per heavy atom. The van der Waals surface area contributed by atoms with Crippen molar-refractivity contribution in [2.75, 3.05) is 14.2 Å². The molecular weight excluding hydrogens is 236 g/mol. The number of ether oxygens (including phenoxy) is 2. The van der Waals surface area contributed by atoms with E-state index < -0.39 is 5.97 Å². The fourth-order valence-electron chi connectivity index (χ4n) is 1.18. The topological polar surface area (TPSA) is 54.0 Å². The molecule has 0 saturated heterocycles. The third-order valence-corrected chi connectivity index (χ3v) is 2.38. The van der Waals surface area contributed by atoms with E-state index in [0.717, 1.165) is 0 Å². The quantitative estimate of drug-likeness (QED) is 0.576. The van der Waals surface area contributed by atoms with Gasteiger partial charge in [-0.3, -0.25) is 4.89 Å². The predicted octanol–water partition coefficient (Wildman–Crippen LogP) is 2.75. The number of hydrogen-bond acceptors (Lipinski definition) is 5. The van der Waals surface area contributed by atoms with Crippen LogP contribution in [0.1, 0.15) is 30.6 Å². The first-order chi connectivity index (χ1) is 8.62. The minimum Gasteiger partial charge on any atom is -0.493 e. The van der Waals surface area contributed by atoms with Crippen molar-refractivity contribution in [2.45, 2.75) is 20.3 Å². The lowest BCUT2D eigenvalue weighted by Gasteiger charge is -2.10. The molecule has 0 spiro atoms. The molecular formula is C13H17O5. The molecule has 1 rings (SSSR count). The summed E-state index contributed by atoms with van der Waals surface area (Å²) in [6.45, 7) is 3.64. The third-order valence-electron chi connectivity index (χ3n) is 2.38. The summed E-state index contributed by atoms with van der Waals surface area (Å²) in [6.07, 6.45) is 1.31. The molecule has 0 amide bonds. The molecule has 18 heavy (non-hydrogen) atoms. The molecule has 0 atom stereocenters. The van der Waals surface area contributed by atoms with Crippen molar-refractivity contribution in [3.63, 3.8) is 0 Å². The highest BCUT2D eigenvalue weighted by Crippen LogP contribution is 2.27. The fourth-order valence-corrected chi connectivity index (χ4v) is 1.18. The van der Waals surface area contributed by atoms with Gasteiger partial charge in [-0.05, 0) is 31.5 Å². The summed E-state index contributed by atoms with van der Waals surface area (Å²) < 4.78 is 10.2. The van der Waals surface area contributed by atoms with E-state index in [2.05, 4.69) is 4.89 Å². The molecule has 0 saturated carbocycles. The second-order valence-corrected chi connectivity index (χ2v) is 3.58. The van der Waals surface area contributed by atoms with E-state index >= 15 is 0 Å². The highest BCUT2D eigenvalue weighted by atomic mass is 17.2. The zero-order chi connectivity index (χ0) is 13.5. The Bertz CT molecular complexity index is 402. The van der Waals surface area contributed by atoms with Gasteiger partial charge in [0.05, 0.1) is 19.8 Å². The molecule has 0 aliphatic carbocycles. The summed E-state index contributed by atoms with van der Waals surface area (Å²) in [6, 6.07) is 4.74. The Morgan fingerprint density at radius 3 is 2.33 bits per heavy atom. The number of hydrogen-bond donors (Lipinski definition) is 0. The van der Waals surface area contributed by atoms with Gasteiger partial charge in [-0.2, -0.15) is 4.89 Å². The van der Waals surface area contributed by atoms with E-state index in [0.29, 0.717) is 29.6 Å². The highest BCUT2D eigenvalue weighted by Gasteiger charge is 2.14. The van der Waals surface area contributed by atoms with Crippen LogP contribution < -0.4 is 9.47 Å². The number of carbonyl (C=O) groups excluding carboxylic acids is 1. The summed E-state index contributed by atoms with van der Waals surface area (Å²) in [5.74, 6) is 0.429. The maximum atomic E-state index is 11.7. The van der Waals surface area contributed by atoms with E-state index in [1.165, 1.54) is 20.3 Å². The molecule has 1 aromatic rings. The zero-order valence-electron chi connectivity index (χ0n) is 11.0. The first-order valence-corrected chi connectivity index (χ1v) is 5.55. The van der Waals surface area contributed by atoms with Crippen LogP contribution in [0.5, 0.6) is 11.5 Å². The van der Waals surface area contributed by atoms with E-state index in [1.54, 1.807) is 19.1 Å². The van der Waals surface area contributed by atoms with E-state index in [1.807, 2.05) is 6.92 Å². The largest absolute Gasteiger partial charge is 0.493 e. The minimum atomic E-state index is -0.580. The van der Waals surface area contributed by atoms with Gasteiger partial charge in [-0.25, -0.2) is 4.79 Å². The van der Waals surface area contributed by atoms with Gasteiger partial charge >= 0.3 is 5.97 Å². The van der Waals surface area contributed by atoms with Gasteiger partial charge in [0.15, 0.2) is 11.5 Å². The van der Waals surface area contributed by atoms with Crippen molar-refractivity contribution < 1.29 is 24.0 Å². The van der Waals surface area contributed by atoms with Gasteiger partial charge in [0.25, 0.3) is 0 Å². The molecule has 5 nitrogen and oxygen atoms in total. The molecule has 1 radical (unpaired) electrons. The van der Waals surface area contributed by atoms with Gasteiger partial charge < -0.3 is 9.47 Å². The van der Waals surface area contributed by atoms with Gasteiger partial charge in [0, 0.05) is 0 Å². The Morgan fingerprint density at radius 2 is 1.78 bits per heavy atom. The molecule has 0 aromatic heterocycles. The lowest BCUT2D eigenvalue weighted by atomic mass is 10.2. The second-order valence-electron chi connectivity index (χ2n) is 3.58. The predicted molar refractivity (Wildman–Crippen MR) is 65.3 cm³/mol. The molecule has 1 aromatic carbocycles. The van der Waals surface area contributed by atoms with Crippen molar-refractivity contribution in [2.24, 2.45) is 0 Å². The molecule has 99 valence electrons. The first-order valence-electron chi connectivity index (χ1n) is 5.55. The maximum absolute atomic E-state index is 11.7. The molecule has 0 unspecified atom stereocenters. The molecule has 0 aliphatic heterocycles. The molecule has 0 aliphatic rings. The SMILES string of the molecule is CC[C](C)OOC(=O)c1ccc(OC)c(OC)c1. The standard InChI is InChI=1S/C13H17O5/c1-5-9(2)17-18-13(14)10-6-7-11(15-3)12(8-10)16-4/h6-8H,5H2,1-4H3. The van der Waals surface area contributed by atoms with Crippen LogP contribution in [0.2, 0.25) is 0 Å². The monoisotopic (exact) mass is 253 g/mol. The van der Waals surface area contributed by atoms with Crippen LogP contribution in [0.4, 0.5) is 0 Å². The summed E-state index contributed by atoms with van der Waals surface area (Å²) in [4.78, 5) is 21.2. The van der Waals surface area contributed by atoms with Crippen molar-refractivity contribution >= 4 is 5.97 Å². The number of benzene rings is 1. The number of carbonyl (C=O) groups is 1. The van der Waals surface area contributed by atoms with Gasteiger partial charge in [-0.15, -0.1) is 0 Å².